The molecule has 0 atom stereocenters. The van der Waals surface area contributed by atoms with Gasteiger partial charge in [0.05, 0.1) is 11.1 Å². The van der Waals surface area contributed by atoms with Crippen molar-refractivity contribution in [1.82, 2.24) is 0 Å². The van der Waals surface area contributed by atoms with Gasteiger partial charge in [0.25, 0.3) is 0 Å². The Hall–Kier alpha value is -1.84. The van der Waals surface area contributed by atoms with Gasteiger partial charge in [-0.2, -0.15) is 0 Å². The maximum Gasteiger partial charge on any atom is 0.166 e. The Morgan fingerprint density at radius 3 is 1.06 bits per heavy atom. The van der Waals surface area contributed by atoms with Crippen molar-refractivity contribution in [3.63, 3.8) is 0 Å². The number of phenolic OH excluding ortho intramolecular Hbond substituents is 2. The van der Waals surface area contributed by atoms with E-state index in [2.05, 4.69) is 13.8 Å². The van der Waals surface area contributed by atoms with E-state index in [0.717, 1.165) is 38.5 Å². The number of hydrogen-bond donors (Lipinski definition) is 2. The van der Waals surface area contributed by atoms with E-state index in [1.54, 1.807) is 0 Å². The minimum atomic E-state index is -0.200. The second-order valence-corrected chi connectivity index (χ2v) is 9.89. The van der Waals surface area contributed by atoms with Crippen molar-refractivity contribution >= 4 is 11.6 Å². The summed E-state index contributed by atoms with van der Waals surface area (Å²) in [5.74, 6) is -0.745. The molecule has 1 aromatic rings. The van der Waals surface area contributed by atoms with Crippen molar-refractivity contribution in [2.75, 3.05) is 0 Å². The number of hydrogen-bond acceptors (Lipinski definition) is 4. The molecule has 1 rings (SSSR count). The average Bonchev–Trinajstić information content (AvgIpc) is 2.82. The van der Waals surface area contributed by atoms with E-state index in [1.807, 2.05) is 0 Å². The monoisotopic (exact) mass is 474 g/mol. The lowest BCUT2D eigenvalue weighted by atomic mass is 9.97. The molecule has 0 aliphatic rings. The topological polar surface area (TPSA) is 74.6 Å². The molecule has 0 aliphatic carbocycles. The van der Waals surface area contributed by atoms with E-state index < -0.39 is 0 Å². The molecule has 194 valence electrons. The highest BCUT2D eigenvalue weighted by Gasteiger charge is 2.18. The second kappa shape index (κ2) is 19.5. The van der Waals surface area contributed by atoms with Crippen LogP contribution in [-0.2, 0) is 0 Å². The quantitative estimate of drug-likeness (QED) is 0.0997. The molecule has 4 nitrogen and oxygen atoms in total. The maximum atomic E-state index is 12.5. The highest BCUT2D eigenvalue weighted by molar-refractivity contribution is 6.03. The van der Waals surface area contributed by atoms with Gasteiger partial charge in [-0.05, 0) is 25.0 Å². The zero-order valence-electron chi connectivity index (χ0n) is 22.0. The van der Waals surface area contributed by atoms with Gasteiger partial charge < -0.3 is 10.2 Å². The van der Waals surface area contributed by atoms with Crippen molar-refractivity contribution in [1.29, 1.82) is 0 Å². The van der Waals surface area contributed by atoms with Crippen LogP contribution in [0.5, 0.6) is 11.5 Å². The van der Waals surface area contributed by atoms with Crippen molar-refractivity contribution in [2.24, 2.45) is 0 Å². The molecule has 34 heavy (non-hydrogen) atoms. The first kappa shape index (κ1) is 30.2. The van der Waals surface area contributed by atoms with Gasteiger partial charge in [-0.15, -0.1) is 0 Å². The smallest absolute Gasteiger partial charge is 0.166 e. The van der Waals surface area contributed by atoms with Crippen LogP contribution in [0.1, 0.15) is 163 Å². The van der Waals surface area contributed by atoms with Gasteiger partial charge in [-0.3, -0.25) is 9.59 Å². The van der Waals surface area contributed by atoms with E-state index in [1.165, 1.54) is 89.2 Å². The molecule has 0 fully saturated rings. The average molecular weight is 475 g/mol. The van der Waals surface area contributed by atoms with E-state index in [4.69, 9.17) is 0 Å². The summed E-state index contributed by atoms with van der Waals surface area (Å²) in [6.07, 6.45) is 21.9. The first-order valence-electron chi connectivity index (χ1n) is 14.1. The third-order valence-corrected chi connectivity index (χ3v) is 6.73. The molecule has 0 aliphatic heterocycles. The largest absolute Gasteiger partial charge is 0.507 e. The summed E-state index contributed by atoms with van der Waals surface area (Å²) in [5, 5.41) is 20.6. The fourth-order valence-corrected chi connectivity index (χ4v) is 4.49. The van der Waals surface area contributed by atoms with E-state index in [0.29, 0.717) is 12.8 Å². The minimum absolute atomic E-state index is 0.122. The highest BCUT2D eigenvalue weighted by atomic mass is 16.3. The molecule has 1 aromatic carbocycles. The van der Waals surface area contributed by atoms with Crippen molar-refractivity contribution in [2.45, 2.75) is 142 Å². The van der Waals surface area contributed by atoms with Gasteiger partial charge in [-0.1, -0.05) is 117 Å². The van der Waals surface area contributed by atoms with Crippen LogP contribution in [0.3, 0.4) is 0 Å². The van der Waals surface area contributed by atoms with Gasteiger partial charge in [-0.25, -0.2) is 0 Å². The van der Waals surface area contributed by atoms with Gasteiger partial charge >= 0.3 is 0 Å². The van der Waals surface area contributed by atoms with Crippen molar-refractivity contribution in [3.8, 4) is 11.5 Å². The Bertz CT molecular complexity index is 636. The standard InChI is InChI=1S/C30H50O4/c1-3-5-7-9-11-13-15-17-19-21-27(31)25-23-30(34)26(24-29(25)33)28(32)22-20-18-16-14-12-10-8-6-4-2/h23-24,33-34H,3-22H2,1-2H3. The lowest BCUT2D eigenvalue weighted by Crippen LogP contribution is -2.04. The number of rotatable bonds is 22. The van der Waals surface area contributed by atoms with Crippen molar-refractivity contribution in [3.05, 3.63) is 23.3 Å². The summed E-state index contributed by atoms with van der Waals surface area (Å²) >= 11 is 0. The van der Waals surface area contributed by atoms with Crippen LogP contribution in [0.15, 0.2) is 12.1 Å². The number of aromatic hydroxyl groups is 2. The number of carbonyl (C=O) groups is 2. The number of Topliss-reactive ketones (excluding diaryl/α,β-unsaturated/α-hetero) is 2. The van der Waals surface area contributed by atoms with Crippen LogP contribution in [-0.4, -0.2) is 21.8 Å². The Kier molecular flexibility index (Phi) is 17.3. The van der Waals surface area contributed by atoms with E-state index in [-0.39, 0.29) is 34.2 Å². The van der Waals surface area contributed by atoms with Gasteiger partial charge in [0.2, 0.25) is 0 Å². The lowest BCUT2D eigenvalue weighted by molar-refractivity contribution is 0.0962. The molecule has 0 bridgehead atoms. The third-order valence-electron chi connectivity index (χ3n) is 6.73. The summed E-state index contributed by atoms with van der Waals surface area (Å²) < 4.78 is 0. The molecule has 0 unspecified atom stereocenters. The second-order valence-electron chi connectivity index (χ2n) is 9.89. The van der Waals surface area contributed by atoms with Gasteiger partial charge in [0.1, 0.15) is 11.5 Å². The Morgan fingerprint density at radius 2 is 0.765 bits per heavy atom. The Balaban J connectivity index is 2.31. The van der Waals surface area contributed by atoms with Crippen LogP contribution in [0.2, 0.25) is 0 Å². The molecule has 0 heterocycles. The summed E-state index contributed by atoms with van der Waals surface area (Å²) in [5.41, 5.74) is 0.244. The van der Waals surface area contributed by atoms with Crippen LogP contribution < -0.4 is 0 Å². The van der Waals surface area contributed by atoms with E-state index >= 15 is 0 Å². The van der Waals surface area contributed by atoms with Crippen LogP contribution in [0.25, 0.3) is 0 Å². The summed E-state index contributed by atoms with van der Waals surface area (Å²) in [7, 11) is 0. The molecule has 0 spiro atoms. The lowest BCUT2D eigenvalue weighted by Gasteiger charge is -2.09. The first-order chi connectivity index (χ1) is 16.5. The first-order valence-corrected chi connectivity index (χ1v) is 14.1. The molecule has 0 aromatic heterocycles. The summed E-state index contributed by atoms with van der Waals surface area (Å²) in [6.45, 7) is 4.44. The molecule has 0 amide bonds. The fourth-order valence-electron chi connectivity index (χ4n) is 4.49. The fraction of sp³-hybridized carbons (Fsp3) is 0.733. The van der Waals surface area contributed by atoms with Gasteiger partial charge in [0, 0.05) is 12.8 Å². The normalized spacial score (nSPS) is 11.1. The summed E-state index contributed by atoms with van der Waals surface area (Å²) in [4.78, 5) is 25.0. The number of carbonyl (C=O) groups excluding carboxylic acids is 2. The van der Waals surface area contributed by atoms with Crippen LogP contribution >= 0.6 is 0 Å². The Labute approximate surface area is 208 Å². The summed E-state index contributed by atoms with van der Waals surface area (Å²) in [6, 6.07) is 2.55. The highest BCUT2D eigenvalue weighted by Crippen LogP contribution is 2.30. The maximum absolute atomic E-state index is 12.5. The molecule has 0 saturated heterocycles. The third kappa shape index (κ3) is 13.2. The van der Waals surface area contributed by atoms with Gasteiger partial charge in [0.15, 0.2) is 11.6 Å². The SMILES string of the molecule is CCCCCCCCCCCC(=O)c1cc(O)c(C(=O)CCCCCCCCCCC)cc1O. The molecular formula is C30H50O4. The Morgan fingerprint density at radius 1 is 0.500 bits per heavy atom. The van der Waals surface area contributed by atoms with Crippen LogP contribution in [0, 0.1) is 0 Å². The minimum Gasteiger partial charge on any atom is -0.507 e. The van der Waals surface area contributed by atoms with E-state index in [9.17, 15) is 19.8 Å². The number of unbranched alkanes of at least 4 members (excludes halogenated alkanes) is 16. The zero-order valence-corrected chi connectivity index (χ0v) is 22.0. The van der Waals surface area contributed by atoms with Crippen LogP contribution in [0.4, 0.5) is 0 Å². The predicted octanol–water partition coefficient (Wildman–Crippen LogP) is 9.30. The molecule has 2 N–H and O–H groups in total. The number of phenols is 2. The number of benzene rings is 1. The molecule has 4 heteroatoms. The molecular weight excluding hydrogens is 424 g/mol. The molecule has 0 radical (unpaired) electrons. The predicted molar refractivity (Wildman–Crippen MR) is 142 cm³/mol. The van der Waals surface area contributed by atoms with Crippen molar-refractivity contribution < 1.29 is 19.8 Å². The molecule has 0 saturated carbocycles. The number of ketones is 2. The zero-order chi connectivity index (χ0) is 25.0.